The van der Waals surface area contributed by atoms with Gasteiger partial charge in [-0.2, -0.15) is 0 Å². The molecular weight excluding hydrogens is 344 g/mol. The predicted octanol–water partition coefficient (Wildman–Crippen LogP) is 2.06. The van der Waals surface area contributed by atoms with Crippen LogP contribution in [0.5, 0.6) is 0 Å². The van der Waals surface area contributed by atoms with Gasteiger partial charge < -0.3 is 19.6 Å². The summed E-state index contributed by atoms with van der Waals surface area (Å²) in [5.41, 5.74) is 2.19. The Kier molecular flexibility index (Phi) is 5.15. The van der Waals surface area contributed by atoms with Gasteiger partial charge in [0, 0.05) is 18.2 Å². The van der Waals surface area contributed by atoms with E-state index in [0.717, 1.165) is 29.7 Å². The van der Waals surface area contributed by atoms with E-state index in [1.54, 1.807) is 24.8 Å². The van der Waals surface area contributed by atoms with Crippen molar-refractivity contribution < 1.29 is 9.90 Å². The van der Waals surface area contributed by atoms with E-state index < -0.39 is 0 Å². The number of rotatable bonds is 6. The normalized spacial score (nSPS) is 15.3. The number of nitrogens with one attached hydrogen (secondary N) is 1. The summed E-state index contributed by atoms with van der Waals surface area (Å²) < 4.78 is 3.98. The van der Waals surface area contributed by atoms with Crippen LogP contribution in [-0.2, 0) is 13.1 Å². The molecule has 2 N–H and O–H groups in total. The van der Waals surface area contributed by atoms with Gasteiger partial charge in [-0.05, 0) is 31.0 Å². The number of aliphatic hydroxyl groups excluding tert-OH is 1. The number of carbonyl (C=O) groups is 1. The van der Waals surface area contributed by atoms with E-state index in [-0.39, 0.29) is 12.5 Å². The molecule has 0 atom stereocenters. The molecule has 0 spiro atoms. The van der Waals surface area contributed by atoms with Crippen molar-refractivity contribution >= 4 is 16.9 Å². The molecule has 1 aliphatic rings. The standard InChI is InChI=1S/C19H24N6O2/c26-9-8-24-12-21-16-10-14(6-7-17(16)24)19(27)20-11-18-23-22-13-25(18)15-4-2-1-3-5-15/h6-7,10,12-13,15,26H,1-5,8-9,11H2,(H,20,27). The first-order valence-electron chi connectivity index (χ1n) is 9.48. The molecule has 0 radical (unpaired) electrons. The molecule has 2 aromatic heterocycles. The summed E-state index contributed by atoms with van der Waals surface area (Å²) in [5.74, 6) is 0.635. The van der Waals surface area contributed by atoms with Gasteiger partial charge in [0.2, 0.25) is 0 Å². The van der Waals surface area contributed by atoms with Gasteiger partial charge in [-0.25, -0.2) is 4.98 Å². The molecule has 8 heteroatoms. The molecule has 8 nitrogen and oxygen atoms in total. The van der Waals surface area contributed by atoms with Crippen molar-refractivity contribution in [3.63, 3.8) is 0 Å². The number of hydrogen-bond donors (Lipinski definition) is 2. The first-order valence-corrected chi connectivity index (χ1v) is 9.48. The minimum atomic E-state index is -0.160. The first kappa shape index (κ1) is 17.7. The Morgan fingerprint density at radius 3 is 2.89 bits per heavy atom. The van der Waals surface area contributed by atoms with Gasteiger partial charge in [0.25, 0.3) is 5.91 Å². The van der Waals surface area contributed by atoms with Crippen LogP contribution in [0.2, 0.25) is 0 Å². The molecule has 0 aliphatic heterocycles. The highest BCUT2D eigenvalue weighted by Crippen LogP contribution is 2.28. The number of carbonyl (C=O) groups excluding carboxylic acids is 1. The number of amides is 1. The van der Waals surface area contributed by atoms with Crippen LogP contribution in [-0.4, -0.2) is 41.9 Å². The third-order valence-electron chi connectivity index (χ3n) is 5.25. The fourth-order valence-corrected chi connectivity index (χ4v) is 3.81. The third-order valence-corrected chi connectivity index (χ3v) is 5.25. The first-order chi connectivity index (χ1) is 13.3. The summed E-state index contributed by atoms with van der Waals surface area (Å²) in [5, 5.41) is 20.3. The van der Waals surface area contributed by atoms with E-state index in [2.05, 4.69) is 25.1 Å². The maximum absolute atomic E-state index is 12.6. The number of benzene rings is 1. The lowest BCUT2D eigenvalue weighted by Gasteiger charge is -2.24. The lowest BCUT2D eigenvalue weighted by molar-refractivity contribution is 0.0949. The van der Waals surface area contributed by atoms with Crippen molar-refractivity contribution in [3.8, 4) is 0 Å². The van der Waals surface area contributed by atoms with Crippen molar-refractivity contribution in [3.05, 3.63) is 42.2 Å². The van der Waals surface area contributed by atoms with Crippen LogP contribution in [0.15, 0.2) is 30.9 Å². The monoisotopic (exact) mass is 368 g/mol. The Morgan fingerprint density at radius 1 is 1.22 bits per heavy atom. The Labute approximate surface area is 157 Å². The van der Waals surface area contributed by atoms with E-state index in [4.69, 9.17) is 5.11 Å². The molecule has 0 saturated heterocycles. The van der Waals surface area contributed by atoms with Crippen LogP contribution in [0.1, 0.15) is 54.3 Å². The lowest BCUT2D eigenvalue weighted by Crippen LogP contribution is -2.26. The number of nitrogens with zero attached hydrogens (tertiary/aromatic N) is 5. The SMILES string of the molecule is O=C(NCc1nncn1C1CCCCC1)c1ccc2c(c1)ncn2CCO. The number of aliphatic hydroxyl groups is 1. The number of hydrogen-bond acceptors (Lipinski definition) is 5. The van der Waals surface area contributed by atoms with Crippen LogP contribution in [0.4, 0.5) is 0 Å². The number of imidazole rings is 1. The van der Waals surface area contributed by atoms with Crippen LogP contribution in [0.3, 0.4) is 0 Å². The van der Waals surface area contributed by atoms with Gasteiger partial charge in [-0.1, -0.05) is 19.3 Å². The molecule has 142 valence electrons. The van der Waals surface area contributed by atoms with E-state index in [1.807, 2.05) is 10.6 Å². The molecule has 1 saturated carbocycles. The summed E-state index contributed by atoms with van der Waals surface area (Å²) in [6.45, 7) is 0.889. The van der Waals surface area contributed by atoms with Gasteiger partial charge >= 0.3 is 0 Å². The van der Waals surface area contributed by atoms with E-state index in [1.165, 1.54) is 19.3 Å². The van der Waals surface area contributed by atoms with Gasteiger partial charge in [0.15, 0.2) is 5.82 Å². The van der Waals surface area contributed by atoms with Gasteiger partial charge in [0.05, 0.1) is 30.5 Å². The van der Waals surface area contributed by atoms with Gasteiger partial charge in [-0.15, -0.1) is 10.2 Å². The molecule has 1 aromatic carbocycles. The Balaban J connectivity index is 1.44. The maximum Gasteiger partial charge on any atom is 0.251 e. The molecule has 4 rings (SSSR count). The van der Waals surface area contributed by atoms with Crippen molar-refractivity contribution in [2.24, 2.45) is 0 Å². The third kappa shape index (κ3) is 3.71. The van der Waals surface area contributed by atoms with E-state index in [0.29, 0.717) is 24.7 Å². The number of fused-ring (bicyclic) bond motifs is 1. The average molecular weight is 368 g/mol. The molecule has 1 fully saturated rings. The lowest BCUT2D eigenvalue weighted by atomic mass is 9.95. The molecule has 1 aliphatic carbocycles. The van der Waals surface area contributed by atoms with Crippen LogP contribution < -0.4 is 5.32 Å². The largest absolute Gasteiger partial charge is 0.395 e. The van der Waals surface area contributed by atoms with Gasteiger partial charge in [-0.3, -0.25) is 4.79 Å². The van der Waals surface area contributed by atoms with Crippen molar-refractivity contribution in [2.45, 2.75) is 51.2 Å². The molecule has 3 aromatic rings. The summed E-state index contributed by atoms with van der Waals surface area (Å²) in [7, 11) is 0. The van der Waals surface area contributed by atoms with Crippen LogP contribution >= 0.6 is 0 Å². The summed E-state index contributed by atoms with van der Waals surface area (Å²) >= 11 is 0. The molecule has 27 heavy (non-hydrogen) atoms. The summed E-state index contributed by atoms with van der Waals surface area (Å²) in [6, 6.07) is 5.84. The zero-order chi connectivity index (χ0) is 18.6. The smallest absolute Gasteiger partial charge is 0.251 e. The Hall–Kier alpha value is -2.74. The molecule has 0 unspecified atom stereocenters. The highest BCUT2D eigenvalue weighted by atomic mass is 16.3. The minimum Gasteiger partial charge on any atom is -0.395 e. The zero-order valence-corrected chi connectivity index (χ0v) is 15.2. The minimum absolute atomic E-state index is 0.0510. The summed E-state index contributed by atoms with van der Waals surface area (Å²) in [4.78, 5) is 16.9. The van der Waals surface area contributed by atoms with Crippen LogP contribution in [0.25, 0.3) is 11.0 Å². The van der Waals surface area contributed by atoms with E-state index >= 15 is 0 Å². The van der Waals surface area contributed by atoms with Gasteiger partial charge in [0.1, 0.15) is 6.33 Å². The topological polar surface area (TPSA) is 97.9 Å². The zero-order valence-electron chi connectivity index (χ0n) is 15.2. The number of aromatic nitrogens is 5. The fraction of sp³-hybridized carbons (Fsp3) is 0.474. The molecule has 0 bridgehead atoms. The quantitative estimate of drug-likeness (QED) is 0.694. The van der Waals surface area contributed by atoms with Crippen molar-refractivity contribution in [1.82, 2.24) is 29.6 Å². The van der Waals surface area contributed by atoms with Crippen molar-refractivity contribution in [1.29, 1.82) is 0 Å². The second-order valence-corrected chi connectivity index (χ2v) is 6.99. The fourth-order valence-electron chi connectivity index (χ4n) is 3.81. The highest BCUT2D eigenvalue weighted by Gasteiger charge is 2.19. The second-order valence-electron chi connectivity index (χ2n) is 6.99. The Morgan fingerprint density at radius 2 is 2.07 bits per heavy atom. The maximum atomic E-state index is 12.6. The van der Waals surface area contributed by atoms with E-state index in [9.17, 15) is 4.79 Å². The second kappa shape index (κ2) is 7.87. The Bertz CT molecular complexity index is 925. The highest BCUT2D eigenvalue weighted by molar-refractivity contribution is 5.97. The molecule has 1 amide bonds. The molecule has 2 heterocycles. The van der Waals surface area contributed by atoms with Crippen LogP contribution in [0, 0.1) is 0 Å². The van der Waals surface area contributed by atoms with Crippen molar-refractivity contribution in [2.75, 3.05) is 6.61 Å². The molecular formula is C19H24N6O2. The average Bonchev–Trinajstić information content (AvgIpc) is 3.34. The predicted molar refractivity (Wildman–Crippen MR) is 100 cm³/mol. The summed E-state index contributed by atoms with van der Waals surface area (Å²) in [6.07, 6.45) is 9.50.